The van der Waals surface area contributed by atoms with E-state index in [0.29, 0.717) is 18.5 Å². The van der Waals surface area contributed by atoms with E-state index in [1.54, 1.807) is 0 Å². The van der Waals surface area contributed by atoms with Crippen LogP contribution in [0.3, 0.4) is 0 Å². The summed E-state index contributed by atoms with van der Waals surface area (Å²) in [6.45, 7) is 11.1. The zero-order valence-corrected chi connectivity index (χ0v) is 12.7. The Hall–Kier alpha value is -0.610. The molecule has 2 heterocycles. The standard InChI is InChI=1S/C15H29N3O/c1-4-13-7-5-6-9-18(13)14(19)11-17-10-8-16-12-15(17,2)3/h13,16H,4-12H2,1-3H3. The molecule has 110 valence electrons. The molecule has 1 atom stereocenters. The molecule has 1 amide bonds. The van der Waals surface area contributed by atoms with Crippen molar-refractivity contribution in [2.75, 3.05) is 32.7 Å². The molecule has 2 rings (SSSR count). The summed E-state index contributed by atoms with van der Waals surface area (Å²) in [4.78, 5) is 17.1. The molecule has 4 heteroatoms. The topological polar surface area (TPSA) is 35.6 Å². The van der Waals surface area contributed by atoms with Crippen molar-refractivity contribution in [3.8, 4) is 0 Å². The van der Waals surface area contributed by atoms with Gasteiger partial charge in [0.25, 0.3) is 0 Å². The van der Waals surface area contributed by atoms with Crippen molar-refractivity contribution in [1.82, 2.24) is 15.1 Å². The number of carbonyl (C=O) groups excluding carboxylic acids is 1. The Balaban J connectivity index is 1.95. The molecular weight excluding hydrogens is 238 g/mol. The molecule has 0 aromatic heterocycles. The van der Waals surface area contributed by atoms with Crippen LogP contribution in [0.15, 0.2) is 0 Å². The fourth-order valence-electron chi connectivity index (χ4n) is 3.32. The van der Waals surface area contributed by atoms with Crippen LogP contribution in [0.4, 0.5) is 0 Å². The molecule has 2 saturated heterocycles. The van der Waals surface area contributed by atoms with Gasteiger partial charge < -0.3 is 10.2 Å². The van der Waals surface area contributed by atoms with Gasteiger partial charge in [0.1, 0.15) is 0 Å². The van der Waals surface area contributed by atoms with Gasteiger partial charge in [0.15, 0.2) is 0 Å². The van der Waals surface area contributed by atoms with Crippen molar-refractivity contribution in [3.05, 3.63) is 0 Å². The molecule has 1 unspecified atom stereocenters. The van der Waals surface area contributed by atoms with Crippen molar-refractivity contribution in [2.24, 2.45) is 0 Å². The minimum absolute atomic E-state index is 0.0887. The number of amides is 1. The first-order chi connectivity index (χ1) is 9.04. The van der Waals surface area contributed by atoms with E-state index in [0.717, 1.165) is 32.6 Å². The minimum Gasteiger partial charge on any atom is -0.339 e. The fourth-order valence-corrected chi connectivity index (χ4v) is 3.32. The van der Waals surface area contributed by atoms with E-state index in [9.17, 15) is 4.79 Å². The van der Waals surface area contributed by atoms with Crippen molar-refractivity contribution in [2.45, 2.75) is 58.0 Å². The largest absolute Gasteiger partial charge is 0.339 e. The van der Waals surface area contributed by atoms with Crippen LogP contribution >= 0.6 is 0 Å². The lowest BCUT2D eigenvalue weighted by Crippen LogP contribution is -2.60. The summed E-state index contributed by atoms with van der Waals surface area (Å²) in [7, 11) is 0. The number of hydrogen-bond donors (Lipinski definition) is 1. The molecule has 1 N–H and O–H groups in total. The maximum atomic E-state index is 12.6. The smallest absolute Gasteiger partial charge is 0.237 e. The quantitative estimate of drug-likeness (QED) is 0.841. The molecule has 19 heavy (non-hydrogen) atoms. The third-order valence-corrected chi connectivity index (χ3v) is 4.72. The van der Waals surface area contributed by atoms with Gasteiger partial charge in [0, 0.05) is 37.8 Å². The molecule has 2 aliphatic rings. The number of piperazine rings is 1. The molecule has 0 aromatic rings. The van der Waals surface area contributed by atoms with E-state index in [1.807, 2.05) is 0 Å². The zero-order chi connectivity index (χ0) is 13.9. The van der Waals surface area contributed by atoms with Crippen molar-refractivity contribution in [1.29, 1.82) is 0 Å². The number of piperidine rings is 1. The Labute approximate surface area is 117 Å². The van der Waals surface area contributed by atoms with Crippen LogP contribution in [0.5, 0.6) is 0 Å². The predicted molar refractivity (Wildman–Crippen MR) is 78.2 cm³/mol. The third-order valence-electron chi connectivity index (χ3n) is 4.72. The third kappa shape index (κ3) is 3.48. The number of rotatable bonds is 3. The van der Waals surface area contributed by atoms with Crippen LogP contribution < -0.4 is 5.32 Å². The van der Waals surface area contributed by atoms with Crippen LogP contribution in [0, 0.1) is 0 Å². The highest BCUT2D eigenvalue weighted by atomic mass is 16.2. The average Bonchev–Trinajstić information content (AvgIpc) is 2.41. The van der Waals surface area contributed by atoms with E-state index in [2.05, 4.69) is 35.9 Å². The number of nitrogens with one attached hydrogen (secondary N) is 1. The van der Waals surface area contributed by atoms with Crippen molar-refractivity contribution < 1.29 is 4.79 Å². The molecule has 2 fully saturated rings. The van der Waals surface area contributed by atoms with Gasteiger partial charge in [-0.25, -0.2) is 0 Å². The molecule has 0 saturated carbocycles. The van der Waals surface area contributed by atoms with E-state index in [4.69, 9.17) is 0 Å². The fraction of sp³-hybridized carbons (Fsp3) is 0.933. The van der Waals surface area contributed by atoms with E-state index in [1.165, 1.54) is 19.3 Å². The SMILES string of the molecule is CCC1CCCCN1C(=O)CN1CCNCC1(C)C. The highest BCUT2D eigenvalue weighted by molar-refractivity contribution is 5.78. The number of carbonyl (C=O) groups is 1. The van der Waals surface area contributed by atoms with Crippen molar-refractivity contribution >= 4 is 5.91 Å². The van der Waals surface area contributed by atoms with Gasteiger partial charge in [0.05, 0.1) is 6.54 Å². The molecule has 0 spiro atoms. The summed E-state index contributed by atoms with van der Waals surface area (Å²) >= 11 is 0. The Bertz CT molecular complexity index is 317. The molecule has 0 radical (unpaired) electrons. The lowest BCUT2D eigenvalue weighted by molar-refractivity contribution is -0.138. The van der Waals surface area contributed by atoms with Gasteiger partial charge in [0.2, 0.25) is 5.91 Å². The van der Waals surface area contributed by atoms with Gasteiger partial charge in [-0.2, -0.15) is 0 Å². The number of likely N-dealkylation sites (tertiary alicyclic amines) is 1. The van der Waals surface area contributed by atoms with Gasteiger partial charge in [-0.15, -0.1) is 0 Å². The first-order valence-corrected chi connectivity index (χ1v) is 7.80. The Kier molecular flexibility index (Phi) is 4.85. The van der Waals surface area contributed by atoms with Crippen molar-refractivity contribution in [3.63, 3.8) is 0 Å². The van der Waals surface area contributed by atoms with Gasteiger partial charge in [-0.1, -0.05) is 6.92 Å². The monoisotopic (exact) mass is 267 g/mol. The minimum atomic E-state index is 0.0887. The van der Waals surface area contributed by atoms with Gasteiger partial charge in [-0.05, 0) is 39.5 Å². The lowest BCUT2D eigenvalue weighted by Gasteiger charge is -2.44. The number of hydrogen-bond acceptors (Lipinski definition) is 3. The van der Waals surface area contributed by atoms with Gasteiger partial charge in [-0.3, -0.25) is 9.69 Å². The first kappa shape index (κ1) is 14.8. The first-order valence-electron chi connectivity index (χ1n) is 7.80. The molecule has 0 aromatic carbocycles. The number of nitrogens with zero attached hydrogens (tertiary/aromatic N) is 2. The second-order valence-corrected chi connectivity index (χ2v) is 6.56. The normalized spacial score (nSPS) is 28.4. The summed E-state index contributed by atoms with van der Waals surface area (Å²) in [6.07, 6.45) is 4.73. The summed E-state index contributed by atoms with van der Waals surface area (Å²) < 4.78 is 0. The van der Waals surface area contributed by atoms with E-state index < -0.39 is 0 Å². The second-order valence-electron chi connectivity index (χ2n) is 6.56. The highest BCUT2D eigenvalue weighted by Gasteiger charge is 2.33. The molecule has 4 nitrogen and oxygen atoms in total. The lowest BCUT2D eigenvalue weighted by atomic mass is 9.98. The zero-order valence-electron chi connectivity index (χ0n) is 12.7. The van der Waals surface area contributed by atoms with Crippen LogP contribution in [0.2, 0.25) is 0 Å². The molecule has 0 bridgehead atoms. The van der Waals surface area contributed by atoms with Crippen LogP contribution in [-0.4, -0.2) is 60.0 Å². The predicted octanol–water partition coefficient (Wildman–Crippen LogP) is 1.46. The molecule has 2 aliphatic heterocycles. The van der Waals surface area contributed by atoms with E-state index >= 15 is 0 Å². The van der Waals surface area contributed by atoms with Gasteiger partial charge >= 0.3 is 0 Å². The van der Waals surface area contributed by atoms with Crippen LogP contribution in [0.25, 0.3) is 0 Å². The maximum absolute atomic E-state index is 12.6. The van der Waals surface area contributed by atoms with Crippen LogP contribution in [-0.2, 0) is 4.79 Å². The Morgan fingerprint density at radius 3 is 2.79 bits per heavy atom. The average molecular weight is 267 g/mol. The summed E-state index contributed by atoms with van der Waals surface area (Å²) in [6, 6.07) is 0.479. The summed E-state index contributed by atoms with van der Waals surface area (Å²) in [5.41, 5.74) is 0.0887. The highest BCUT2D eigenvalue weighted by Crippen LogP contribution is 2.21. The maximum Gasteiger partial charge on any atom is 0.237 e. The van der Waals surface area contributed by atoms with Crippen LogP contribution in [0.1, 0.15) is 46.5 Å². The second kappa shape index (κ2) is 6.23. The molecular formula is C15H29N3O. The Morgan fingerprint density at radius 1 is 1.32 bits per heavy atom. The summed E-state index contributed by atoms with van der Waals surface area (Å²) in [5.74, 6) is 0.335. The summed E-state index contributed by atoms with van der Waals surface area (Å²) in [5, 5.41) is 3.41. The molecule has 0 aliphatic carbocycles. The Morgan fingerprint density at radius 2 is 2.11 bits per heavy atom. The van der Waals surface area contributed by atoms with E-state index in [-0.39, 0.29) is 5.54 Å².